The minimum absolute atomic E-state index is 0.0574. The maximum Gasteiger partial charge on any atom is 0.270 e. The number of non-ortho nitro benzene ring substituents is 1. The summed E-state index contributed by atoms with van der Waals surface area (Å²) in [5.74, 6) is 0.644. The number of para-hydroxylation sites is 1. The zero-order valence-corrected chi connectivity index (χ0v) is 18.0. The Labute approximate surface area is 178 Å². The fraction of sp³-hybridized carbons (Fsp3) is 0.364. The third-order valence-corrected chi connectivity index (χ3v) is 6.13. The van der Waals surface area contributed by atoms with Crippen molar-refractivity contribution in [3.63, 3.8) is 0 Å². The van der Waals surface area contributed by atoms with Crippen LogP contribution in [0.3, 0.4) is 0 Å². The first-order valence-corrected chi connectivity index (χ1v) is 10.7. The molecule has 29 heavy (non-hydrogen) atoms. The topological polar surface area (TPSA) is 64.8 Å². The highest BCUT2D eigenvalue weighted by Gasteiger charge is 2.58. The number of hydrogen-bond donors (Lipinski definition) is 0. The molecule has 0 fully saturated rings. The molecule has 1 spiro atoms. The highest BCUT2D eigenvalue weighted by Crippen LogP contribution is 2.54. The van der Waals surface area contributed by atoms with E-state index in [0.717, 1.165) is 11.0 Å². The molecule has 4 rings (SSSR count). The number of fused-ring (bicyclic) bond motifs is 2. The summed E-state index contributed by atoms with van der Waals surface area (Å²) >= 11 is 3.39. The van der Waals surface area contributed by atoms with Crippen LogP contribution in [0, 0.1) is 10.1 Å². The lowest BCUT2D eigenvalue weighted by molar-refractivity contribution is -0.384. The molecule has 0 amide bonds. The summed E-state index contributed by atoms with van der Waals surface area (Å²) in [5, 5.41) is 11.9. The van der Waals surface area contributed by atoms with Crippen LogP contribution in [0.5, 0.6) is 5.75 Å². The average molecular weight is 459 g/mol. The van der Waals surface area contributed by atoms with Gasteiger partial charge in [0.2, 0.25) is 5.72 Å². The first-order valence-electron chi connectivity index (χ1n) is 9.58. The lowest BCUT2D eigenvalue weighted by atomic mass is 9.76. The molecule has 1 atom stereocenters. The van der Waals surface area contributed by atoms with E-state index in [9.17, 15) is 10.1 Å². The van der Waals surface area contributed by atoms with Crippen molar-refractivity contribution < 1.29 is 14.4 Å². The molecular weight excluding hydrogens is 436 g/mol. The number of hydrogen-bond acceptors (Lipinski definition) is 5. The molecule has 0 aliphatic carbocycles. The fourth-order valence-electron chi connectivity index (χ4n) is 4.30. The summed E-state index contributed by atoms with van der Waals surface area (Å²) in [6, 6.07) is 13.1. The summed E-state index contributed by atoms with van der Waals surface area (Å²) in [4.78, 5) is 13.0. The van der Waals surface area contributed by atoms with Gasteiger partial charge in [0.1, 0.15) is 5.75 Å². The molecule has 1 unspecified atom stereocenters. The average Bonchev–Trinajstić information content (AvgIpc) is 2.89. The zero-order chi connectivity index (χ0) is 20.6. The monoisotopic (exact) mass is 458 g/mol. The van der Waals surface area contributed by atoms with Crippen molar-refractivity contribution in [2.24, 2.45) is 0 Å². The van der Waals surface area contributed by atoms with Crippen LogP contribution in [0.15, 0.2) is 48.5 Å². The van der Waals surface area contributed by atoms with Crippen LogP contribution >= 0.6 is 15.9 Å². The quantitative estimate of drug-likeness (QED) is 0.266. The predicted octanol–water partition coefficient (Wildman–Crippen LogP) is 4.91. The van der Waals surface area contributed by atoms with E-state index in [-0.39, 0.29) is 16.0 Å². The molecule has 7 heteroatoms. The second kappa shape index (κ2) is 7.46. The first kappa shape index (κ1) is 19.9. The molecule has 2 aliphatic heterocycles. The van der Waals surface area contributed by atoms with E-state index in [2.05, 4.69) is 46.8 Å². The predicted molar refractivity (Wildman–Crippen MR) is 117 cm³/mol. The van der Waals surface area contributed by atoms with Crippen molar-refractivity contribution in [3.8, 4) is 5.75 Å². The number of alkyl halides is 1. The maximum absolute atomic E-state index is 11.1. The van der Waals surface area contributed by atoms with Gasteiger partial charge in [-0.15, -0.1) is 0 Å². The molecule has 0 N–H and O–H groups in total. The third kappa shape index (κ3) is 3.13. The SMILES string of the molecule is CC1(C)c2ccccc2N(CCOCCBr)C12C=Cc1cc([N+](=O)[O-])ccc1O2. The summed E-state index contributed by atoms with van der Waals surface area (Å²) in [5.41, 5.74) is 2.02. The van der Waals surface area contributed by atoms with Gasteiger partial charge >= 0.3 is 0 Å². The molecule has 0 bridgehead atoms. The largest absolute Gasteiger partial charge is 0.463 e. The van der Waals surface area contributed by atoms with Gasteiger partial charge in [-0.1, -0.05) is 34.1 Å². The molecule has 2 heterocycles. The molecule has 0 radical (unpaired) electrons. The highest BCUT2D eigenvalue weighted by atomic mass is 79.9. The van der Waals surface area contributed by atoms with Crippen molar-refractivity contribution in [1.82, 2.24) is 0 Å². The van der Waals surface area contributed by atoms with Gasteiger partial charge in [0, 0.05) is 35.3 Å². The van der Waals surface area contributed by atoms with E-state index in [1.165, 1.54) is 11.6 Å². The maximum atomic E-state index is 11.1. The Balaban J connectivity index is 1.76. The Hall–Kier alpha value is -2.38. The zero-order valence-electron chi connectivity index (χ0n) is 16.4. The van der Waals surface area contributed by atoms with Crippen LogP contribution in [-0.2, 0) is 10.2 Å². The van der Waals surface area contributed by atoms with Crippen molar-refractivity contribution in [1.29, 1.82) is 0 Å². The number of nitrogens with zero attached hydrogens (tertiary/aromatic N) is 2. The Bertz CT molecular complexity index is 975. The molecule has 152 valence electrons. The second-order valence-electron chi connectivity index (χ2n) is 7.71. The smallest absolute Gasteiger partial charge is 0.270 e. The summed E-state index contributed by atoms with van der Waals surface area (Å²) in [6.07, 6.45) is 3.97. The summed E-state index contributed by atoms with van der Waals surface area (Å²) < 4.78 is 12.4. The van der Waals surface area contributed by atoms with Gasteiger partial charge < -0.3 is 14.4 Å². The van der Waals surface area contributed by atoms with Crippen LogP contribution in [0.2, 0.25) is 0 Å². The Morgan fingerprint density at radius 2 is 2.00 bits per heavy atom. The van der Waals surface area contributed by atoms with Crippen LogP contribution in [0.1, 0.15) is 25.0 Å². The lowest BCUT2D eigenvalue weighted by Gasteiger charge is -2.47. The van der Waals surface area contributed by atoms with Gasteiger partial charge in [-0.3, -0.25) is 10.1 Å². The third-order valence-electron chi connectivity index (χ3n) is 5.80. The normalized spacial score (nSPS) is 21.0. The number of nitro groups is 1. The molecule has 0 saturated carbocycles. The van der Waals surface area contributed by atoms with Crippen molar-refractivity contribution >= 4 is 33.4 Å². The van der Waals surface area contributed by atoms with Gasteiger partial charge in [-0.25, -0.2) is 0 Å². The minimum atomic E-state index is -0.739. The van der Waals surface area contributed by atoms with Crippen LogP contribution in [0.25, 0.3) is 6.08 Å². The van der Waals surface area contributed by atoms with Gasteiger partial charge in [0.05, 0.1) is 23.6 Å². The number of halogens is 1. The number of ether oxygens (including phenoxy) is 2. The van der Waals surface area contributed by atoms with Crippen LogP contribution in [0.4, 0.5) is 11.4 Å². The molecule has 0 aromatic heterocycles. The van der Waals surface area contributed by atoms with Crippen molar-refractivity contribution in [3.05, 3.63) is 69.8 Å². The van der Waals surface area contributed by atoms with Gasteiger partial charge in [-0.05, 0) is 43.7 Å². The van der Waals surface area contributed by atoms with Crippen LogP contribution in [-0.4, -0.2) is 35.7 Å². The van der Waals surface area contributed by atoms with E-state index < -0.39 is 5.72 Å². The number of nitro benzene ring substituents is 1. The van der Waals surface area contributed by atoms with Crippen molar-refractivity contribution in [2.45, 2.75) is 25.0 Å². The molecule has 6 nitrogen and oxygen atoms in total. The molecule has 2 aromatic rings. The lowest BCUT2D eigenvalue weighted by Crippen LogP contribution is -2.60. The summed E-state index contributed by atoms with van der Waals surface area (Å²) in [7, 11) is 0. The van der Waals surface area contributed by atoms with E-state index in [1.807, 2.05) is 24.3 Å². The van der Waals surface area contributed by atoms with E-state index in [1.54, 1.807) is 12.1 Å². The van der Waals surface area contributed by atoms with Crippen LogP contribution < -0.4 is 9.64 Å². The highest BCUT2D eigenvalue weighted by molar-refractivity contribution is 9.09. The Morgan fingerprint density at radius 3 is 2.76 bits per heavy atom. The number of rotatable bonds is 6. The summed E-state index contributed by atoms with van der Waals surface area (Å²) in [6.45, 7) is 6.23. The Morgan fingerprint density at radius 1 is 1.21 bits per heavy atom. The first-order chi connectivity index (χ1) is 13.9. The van der Waals surface area contributed by atoms with Gasteiger partial charge in [0.25, 0.3) is 5.69 Å². The number of anilines is 1. The van der Waals surface area contributed by atoms with Gasteiger partial charge in [0.15, 0.2) is 0 Å². The van der Waals surface area contributed by atoms with Crippen molar-refractivity contribution in [2.75, 3.05) is 30.0 Å². The molecule has 2 aliphatic rings. The number of benzene rings is 2. The molecule has 2 aromatic carbocycles. The molecular formula is C22H23BrN2O4. The second-order valence-corrected chi connectivity index (χ2v) is 8.50. The minimum Gasteiger partial charge on any atom is -0.463 e. The Kier molecular flexibility index (Phi) is 5.12. The van der Waals surface area contributed by atoms with E-state index in [0.29, 0.717) is 31.1 Å². The van der Waals surface area contributed by atoms with E-state index >= 15 is 0 Å². The standard InChI is InChI=1S/C22H23BrN2O4/c1-21(2)18-5-3-4-6-19(18)24(12-14-28-13-11-23)22(21)10-9-16-15-17(25(26)27)7-8-20(16)29-22/h3-10,15H,11-14H2,1-2H3. The fourth-order valence-corrected chi connectivity index (χ4v) is 4.53. The van der Waals surface area contributed by atoms with E-state index in [4.69, 9.17) is 9.47 Å². The van der Waals surface area contributed by atoms with Gasteiger partial charge in [-0.2, -0.15) is 0 Å². The molecule has 0 saturated heterocycles.